The SMILES string of the molecule is COc1cc(C(=O)N2CCN(c3ccc(C(C)=O)cc3F)CC2)ccc1OCC(C)C. The number of hydrogen-bond donors (Lipinski definition) is 0. The van der Waals surface area contributed by atoms with Crippen LogP contribution in [-0.4, -0.2) is 56.5 Å². The molecule has 166 valence electrons. The Kier molecular flexibility index (Phi) is 7.15. The highest BCUT2D eigenvalue weighted by Crippen LogP contribution is 2.29. The largest absolute Gasteiger partial charge is 0.493 e. The summed E-state index contributed by atoms with van der Waals surface area (Å²) in [6.45, 7) is 8.07. The van der Waals surface area contributed by atoms with Gasteiger partial charge in [-0.1, -0.05) is 13.8 Å². The van der Waals surface area contributed by atoms with Crippen LogP contribution in [-0.2, 0) is 0 Å². The molecule has 7 heteroatoms. The quantitative estimate of drug-likeness (QED) is 0.623. The van der Waals surface area contributed by atoms with Gasteiger partial charge in [-0.05, 0) is 49.2 Å². The van der Waals surface area contributed by atoms with E-state index in [9.17, 15) is 14.0 Å². The van der Waals surface area contributed by atoms with Crippen LogP contribution in [0.15, 0.2) is 36.4 Å². The maximum absolute atomic E-state index is 14.4. The zero-order valence-electron chi connectivity index (χ0n) is 18.5. The van der Waals surface area contributed by atoms with Gasteiger partial charge in [-0.2, -0.15) is 0 Å². The van der Waals surface area contributed by atoms with Gasteiger partial charge in [-0.25, -0.2) is 4.39 Å². The molecule has 1 amide bonds. The highest BCUT2D eigenvalue weighted by atomic mass is 19.1. The molecule has 0 spiro atoms. The second-order valence-electron chi connectivity index (χ2n) is 8.07. The van der Waals surface area contributed by atoms with Crippen LogP contribution in [0.5, 0.6) is 11.5 Å². The lowest BCUT2D eigenvalue weighted by Crippen LogP contribution is -2.49. The molecule has 6 nitrogen and oxygen atoms in total. The molecule has 3 rings (SSSR count). The van der Waals surface area contributed by atoms with E-state index in [0.29, 0.717) is 67.0 Å². The fourth-order valence-corrected chi connectivity index (χ4v) is 3.49. The highest BCUT2D eigenvalue weighted by molar-refractivity contribution is 5.95. The van der Waals surface area contributed by atoms with Crippen molar-refractivity contribution in [3.05, 3.63) is 53.3 Å². The first kappa shape index (κ1) is 22.6. The summed E-state index contributed by atoms with van der Waals surface area (Å²) in [6.07, 6.45) is 0. The molecule has 0 saturated carbocycles. The predicted octanol–water partition coefficient (Wildman–Crippen LogP) is 4.03. The lowest BCUT2D eigenvalue weighted by molar-refractivity contribution is 0.0746. The number of ether oxygens (including phenoxy) is 2. The molecule has 1 aliphatic rings. The Bertz CT molecular complexity index is 953. The monoisotopic (exact) mass is 428 g/mol. The Morgan fingerprint density at radius 1 is 1.00 bits per heavy atom. The predicted molar refractivity (Wildman–Crippen MR) is 118 cm³/mol. The molecule has 1 fully saturated rings. The van der Waals surface area contributed by atoms with Crippen molar-refractivity contribution in [1.82, 2.24) is 4.90 Å². The van der Waals surface area contributed by atoms with Crippen molar-refractivity contribution in [3.63, 3.8) is 0 Å². The summed E-state index contributed by atoms with van der Waals surface area (Å²) in [4.78, 5) is 28.1. The van der Waals surface area contributed by atoms with E-state index < -0.39 is 5.82 Å². The van der Waals surface area contributed by atoms with E-state index in [1.165, 1.54) is 13.0 Å². The summed E-state index contributed by atoms with van der Waals surface area (Å²) in [7, 11) is 1.55. The molecule has 0 bridgehead atoms. The lowest BCUT2D eigenvalue weighted by atomic mass is 10.1. The summed E-state index contributed by atoms with van der Waals surface area (Å²) in [5.74, 6) is 0.831. The fraction of sp³-hybridized carbons (Fsp3) is 0.417. The van der Waals surface area contributed by atoms with Gasteiger partial charge in [0.05, 0.1) is 19.4 Å². The summed E-state index contributed by atoms with van der Waals surface area (Å²) < 4.78 is 25.6. The number of Topliss-reactive ketones (excluding diaryl/α,β-unsaturated/α-hetero) is 1. The number of ketones is 1. The van der Waals surface area contributed by atoms with Crippen LogP contribution in [0.25, 0.3) is 0 Å². The minimum absolute atomic E-state index is 0.0965. The Morgan fingerprint density at radius 3 is 2.26 bits per heavy atom. The minimum Gasteiger partial charge on any atom is -0.493 e. The number of rotatable bonds is 7. The van der Waals surface area contributed by atoms with Gasteiger partial charge in [0.1, 0.15) is 5.82 Å². The molecule has 31 heavy (non-hydrogen) atoms. The van der Waals surface area contributed by atoms with E-state index in [0.717, 1.165) is 0 Å². The molecule has 0 N–H and O–H groups in total. The van der Waals surface area contributed by atoms with Crippen LogP contribution < -0.4 is 14.4 Å². The van der Waals surface area contributed by atoms with E-state index >= 15 is 0 Å². The second kappa shape index (κ2) is 9.81. The molecule has 2 aromatic rings. The zero-order valence-corrected chi connectivity index (χ0v) is 18.5. The molecule has 1 aliphatic heterocycles. The van der Waals surface area contributed by atoms with Gasteiger partial charge in [0.2, 0.25) is 0 Å². The van der Waals surface area contributed by atoms with Gasteiger partial charge < -0.3 is 19.3 Å². The van der Waals surface area contributed by atoms with Crippen molar-refractivity contribution in [2.24, 2.45) is 5.92 Å². The number of hydrogen-bond acceptors (Lipinski definition) is 5. The average molecular weight is 429 g/mol. The molecule has 0 atom stereocenters. The minimum atomic E-state index is -0.422. The summed E-state index contributed by atoms with van der Waals surface area (Å²) in [6, 6.07) is 9.73. The fourth-order valence-electron chi connectivity index (χ4n) is 3.49. The highest BCUT2D eigenvalue weighted by Gasteiger charge is 2.24. The topological polar surface area (TPSA) is 59.1 Å². The number of piperazine rings is 1. The average Bonchev–Trinajstić information content (AvgIpc) is 2.77. The van der Waals surface area contributed by atoms with Crippen LogP contribution in [0.1, 0.15) is 41.5 Å². The van der Waals surface area contributed by atoms with E-state index in [-0.39, 0.29) is 11.7 Å². The van der Waals surface area contributed by atoms with Crippen LogP contribution >= 0.6 is 0 Å². The number of halogens is 1. The molecule has 0 aliphatic carbocycles. The van der Waals surface area contributed by atoms with E-state index in [1.54, 1.807) is 42.3 Å². The molecule has 0 unspecified atom stereocenters. The molecule has 1 heterocycles. The third kappa shape index (κ3) is 5.34. The van der Waals surface area contributed by atoms with E-state index in [2.05, 4.69) is 13.8 Å². The first-order valence-electron chi connectivity index (χ1n) is 10.5. The number of anilines is 1. The van der Waals surface area contributed by atoms with Gasteiger partial charge in [-0.15, -0.1) is 0 Å². The van der Waals surface area contributed by atoms with Gasteiger partial charge in [0.25, 0.3) is 5.91 Å². The Hall–Kier alpha value is -3.09. The standard InChI is InChI=1S/C24H29FN2O4/c1-16(2)15-31-22-8-6-19(14-23(22)30-4)24(29)27-11-9-26(10-12-27)21-7-5-18(17(3)28)13-20(21)25/h5-8,13-14,16H,9-12,15H2,1-4H3. The van der Waals surface area contributed by atoms with Gasteiger partial charge >= 0.3 is 0 Å². The Balaban J connectivity index is 1.65. The van der Waals surface area contributed by atoms with Gasteiger partial charge in [0, 0.05) is 37.3 Å². The first-order chi connectivity index (χ1) is 14.8. The van der Waals surface area contributed by atoms with Crippen molar-refractivity contribution >= 4 is 17.4 Å². The molecule has 0 aromatic heterocycles. The van der Waals surface area contributed by atoms with Crippen molar-refractivity contribution in [2.45, 2.75) is 20.8 Å². The van der Waals surface area contributed by atoms with E-state index in [1.807, 2.05) is 4.90 Å². The summed E-state index contributed by atoms with van der Waals surface area (Å²) in [5.41, 5.74) is 1.33. The normalized spacial score (nSPS) is 14.0. The van der Waals surface area contributed by atoms with Crippen molar-refractivity contribution < 1.29 is 23.5 Å². The number of methoxy groups -OCH3 is 1. The third-order valence-corrected chi connectivity index (χ3v) is 5.24. The summed E-state index contributed by atoms with van der Waals surface area (Å²) >= 11 is 0. The second-order valence-corrected chi connectivity index (χ2v) is 8.07. The lowest BCUT2D eigenvalue weighted by Gasteiger charge is -2.36. The number of benzene rings is 2. The Morgan fingerprint density at radius 2 is 1.68 bits per heavy atom. The maximum Gasteiger partial charge on any atom is 0.254 e. The number of amides is 1. The first-order valence-corrected chi connectivity index (χ1v) is 10.5. The van der Waals surface area contributed by atoms with Crippen LogP contribution in [0.3, 0.4) is 0 Å². The molecule has 2 aromatic carbocycles. The number of carbonyl (C=O) groups is 2. The number of carbonyl (C=O) groups excluding carboxylic acids is 2. The van der Waals surface area contributed by atoms with Crippen molar-refractivity contribution in [1.29, 1.82) is 0 Å². The maximum atomic E-state index is 14.4. The summed E-state index contributed by atoms with van der Waals surface area (Å²) in [5, 5.41) is 0. The van der Waals surface area contributed by atoms with Crippen molar-refractivity contribution in [2.75, 3.05) is 44.8 Å². The van der Waals surface area contributed by atoms with E-state index in [4.69, 9.17) is 9.47 Å². The van der Waals surface area contributed by atoms with Gasteiger partial charge in [0.15, 0.2) is 17.3 Å². The smallest absolute Gasteiger partial charge is 0.254 e. The van der Waals surface area contributed by atoms with Crippen LogP contribution in [0, 0.1) is 11.7 Å². The van der Waals surface area contributed by atoms with Crippen molar-refractivity contribution in [3.8, 4) is 11.5 Å². The molecular weight excluding hydrogens is 399 g/mol. The molecule has 0 radical (unpaired) electrons. The third-order valence-electron chi connectivity index (χ3n) is 5.24. The van der Waals surface area contributed by atoms with Crippen LogP contribution in [0.2, 0.25) is 0 Å². The zero-order chi connectivity index (χ0) is 22.5. The molecule has 1 saturated heterocycles. The van der Waals surface area contributed by atoms with Gasteiger partial charge in [-0.3, -0.25) is 9.59 Å². The Labute approximate surface area is 182 Å². The number of nitrogens with zero attached hydrogens (tertiary/aromatic N) is 2. The molecular formula is C24H29FN2O4. The van der Waals surface area contributed by atoms with Crippen LogP contribution in [0.4, 0.5) is 10.1 Å².